The van der Waals surface area contributed by atoms with Gasteiger partial charge in [0.2, 0.25) is 0 Å². The highest BCUT2D eigenvalue weighted by molar-refractivity contribution is 5.60. The van der Waals surface area contributed by atoms with Crippen molar-refractivity contribution in [3.8, 4) is 0 Å². The third-order valence-electron chi connectivity index (χ3n) is 1.27. The van der Waals surface area contributed by atoms with Gasteiger partial charge in [-0.15, -0.1) is 0 Å². The minimum Gasteiger partial charge on any atom is -0.0955 e. The summed E-state index contributed by atoms with van der Waals surface area (Å²) in [7, 11) is 0. The third-order valence-corrected chi connectivity index (χ3v) is 1.27. The smallest absolute Gasteiger partial charge is 0.0233 e. The van der Waals surface area contributed by atoms with Crippen molar-refractivity contribution >= 4 is 5.57 Å². The molecule has 0 radical (unpaired) electrons. The Morgan fingerprint density at radius 3 is 1.75 bits per heavy atom. The zero-order chi connectivity index (χ0) is 8.69. The molecule has 0 spiro atoms. The first-order valence-electron chi connectivity index (χ1n) is 4.01. The van der Waals surface area contributed by atoms with E-state index in [-0.39, 0.29) is 7.43 Å². The monoisotopic (exact) mass is 164 g/mol. The lowest BCUT2D eigenvalue weighted by molar-refractivity contribution is 1.50. The summed E-state index contributed by atoms with van der Waals surface area (Å²) >= 11 is 0. The molecule has 0 unspecified atom stereocenters. The number of hydrogen-bond donors (Lipinski definition) is 0. The SMILES string of the molecule is C.C=C(C)c1ccccc1.CC. The summed E-state index contributed by atoms with van der Waals surface area (Å²) in [5.74, 6) is 0. The van der Waals surface area contributed by atoms with Crippen molar-refractivity contribution in [1.82, 2.24) is 0 Å². The third kappa shape index (κ3) is 4.73. The normalized spacial score (nSPS) is 7.25. The lowest BCUT2D eigenvalue weighted by atomic mass is 10.1. The van der Waals surface area contributed by atoms with Gasteiger partial charge in [0.15, 0.2) is 0 Å². The standard InChI is InChI=1S/C9H10.C2H6.CH4/c1-8(2)9-6-4-3-5-7-9;1-2;/h3-7H,1H2,2H3;1-2H3;1H4. The van der Waals surface area contributed by atoms with Crippen molar-refractivity contribution in [3.05, 3.63) is 42.5 Å². The molecule has 1 rings (SSSR count). The van der Waals surface area contributed by atoms with Gasteiger partial charge < -0.3 is 0 Å². The molecule has 0 atom stereocenters. The van der Waals surface area contributed by atoms with Gasteiger partial charge >= 0.3 is 0 Å². The summed E-state index contributed by atoms with van der Waals surface area (Å²) in [5, 5.41) is 0. The maximum Gasteiger partial charge on any atom is -0.0233 e. The van der Waals surface area contributed by atoms with E-state index in [1.54, 1.807) is 0 Å². The Labute approximate surface area is 76.9 Å². The molecule has 1 aromatic rings. The van der Waals surface area contributed by atoms with Crippen LogP contribution in [0.1, 0.15) is 33.8 Å². The lowest BCUT2D eigenvalue weighted by Crippen LogP contribution is -1.72. The van der Waals surface area contributed by atoms with Crippen LogP contribution in [0.15, 0.2) is 36.9 Å². The molecule has 0 aliphatic heterocycles. The Bertz CT molecular complexity index is 197. The van der Waals surface area contributed by atoms with Crippen LogP contribution in [0.4, 0.5) is 0 Å². The zero-order valence-corrected chi connectivity index (χ0v) is 7.59. The van der Waals surface area contributed by atoms with E-state index in [0.29, 0.717) is 0 Å². The van der Waals surface area contributed by atoms with E-state index in [9.17, 15) is 0 Å². The van der Waals surface area contributed by atoms with E-state index in [1.165, 1.54) is 5.56 Å². The van der Waals surface area contributed by atoms with Gasteiger partial charge in [-0.1, -0.05) is 63.8 Å². The van der Waals surface area contributed by atoms with E-state index >= 15 is 0 Å². The highest BCUT2D eigenvalue weighted by Crippen LogP contribution is 2.08. The summed E-state index contributed by atoms with van der Waals surface area (Å²) in [6, 6.07) is 10.2. The zero-order valence-electron chi connectivity index (χ0n) is 7.59. The van der Waals surface area contributed by atoms with Crippen molar-refractivity contribution < 1.29 is 0 Å². The number of rotatable bonds is 1. The maximum absolute atomic E-state index is 3.83. The molecule has 0 bridgehead atoms. The molecule has 0 aliphatic rings. The molecular weight excluding hydrogens is 144 g/mol. The molecule has 0 nitrogen and oxygen atoms in total. The van der Waals surface area contributed by atoms with Crippen LogP contribution in [-0.4, -0.2) is 0 Å². The summed E-state index contributed by atoms with van der Waals surface area (Å²) in [6.07, 6.45) is 0. The fraction of sp³-hybridized carbons (Fsp3) is 0.333. The molecule has 0 N–H and O–H groups in total. The average molecular weight is 164 g/mol. The Morgan fingerprint density at radius 1 is 1.08 bits per heavy atom. The maximum atomic E-state index is 3.83. The second kappa shape index (κ2) is 8.06. The van der Waals surface area contributed by atoms with E-state index in [2.05, 4.69) is 18.7 Å². The predicted molar refractivity (Wildman–Crippen MR) is 59.2 cm³/mol. The van der Waals surface area contributed by atoms with Crippen molar-refractivity contribution in [1.29, 1.82) is 0 Å². The predicted octanol–water partition coefficient (Wildman–Crippen LogP) is 4.38. The van der Waals surface area contributed by atoms with E-state index in [1.807, 2.05) is 39.0 Å². The van der Waals surface area contributed by atoms with Crippen LogP contribution in [-0.2, 0) is 0 Å². The van der Waals surface area contributed by atoms with Gasteiger partial charge in [0.05, 0.1) is 0 Å². The Hall–Kier alpha value is -1.04. The van der Waals surface area contributed by atoms with Crippen molar-refractivity contribution in [2.24, 2.45) is 0 Å². The molecule has 1 aromatic carbocycles. The van der Waals surface area contributed by atoms with Gasteiger partial charge in [-0.3, -0.25) is 0 Å². The minimum atomic E-state index is 0. The summed E-state index contributed by atoms with van der Waals surface area (Å²) in [5.41, 5.74) is 2.34. The van der Waals surface area contributed by atoms with Crippen LogP contribution in [0.2, 0.25) is 0 Å². The fourth-order valence-corrected chi connectivity index (χ4v) is 0.723. The topological polar surface area (TPSA) is 0 Å². The molecule has 0 amide bonds. The Kier molecular flexibility index (Phi) is 9.10. The molecule has 0 fully saturated rings. The molecule has 0 heterocycles. The summed E-state index contributed by atoms with van der Waals surface area (Å²) in [6.45, 7) is 9.83. The van der Waals surface area contributed by atoms with Gasteiger partial charge in [-0.2, -0.15) is 0 Å². The second-order valence-electron chi connectivity index (χ2n) is 2.15. The van der Waals surface area contributed by atoms with Crippen LogP contribution < -0.4 is 0 Å². The molecule has 0 heteroatoms. The highest BCUT2D eigenvalue weighted by atomic mass is 13.9. The number of benzene rings is 1. The Morgan fingerprint density at radius 2 is 1.50 bits per heavy atom. The fourth-order valence-electron chi connectivity index (χ4n) is 0.723. The highest BCUT2D eigenvalue weighted by Gasteiger charge is 1.86. The van der Waals surface area contributed by atoms with Crippen LogP contribution >= 0.6 is 0 Å². The first-order valence-corrected chi connectivity index (χ1v) is 4.01. The molecule has 12 heavy (non-hydrogen) atoms. The molecular formula is C12H20. The first kappa shape index (κ1) is 13.5. The molecule has 0 saturated carbocycles. The van der Waals surface area contributed by atoms with Crippen LogP contribution in [0.3, 0.4) is 0 Å². The minimum absolute atomic E-state index is 0. The molecule has 0 aromatic heterocycles. The van der Waals surface area contributed by atoms with E-state index in [4.69, 9.17) is 0 Å². The van der Waals surface area contributed by atoms with Crippen LogP contribution in [0.5, 0.6) is 0 Å². The van der Waals surface area contributed by atoms with Gasteiger partial charge in [0.25, 0.3) is 0 Å². The van der Waals surface area contributed by atoms with Gasteiger partial charge in [-0.25, -0.2) is 0 Å². The van der Waals surface area contributed by atoms with E-state index in [0.717, 1.165) is 5.57 Å². The quantitative estimate of drug-likeness (QED) is 0.577. The summed E-state index contributed by atoms with van der Waals surface area (Å²) in [4.78, 5) is 0. The van der Waals surface area contributed by atoms with Crippen LogP contribution in [0, 0.1) is 0 Å². The molecule has 0 saturated heterocycles. The molecule has 68 valence electrons. The average Bonchev–Trinajstić information content (AvgIpc) is 2.10. The van der Waals surface area contributed by atoms with Crippen molar-refractivity contribution in [2.75, 3.05) is 0 Å². The number of allylic oxidation sites excluding steroid dienone is 1. The van der Waals surface area contributed by atoms with Crippen molar-refractivity contribution in [3.63, 3.8) is 0 Å². The summed E-state index contributed by atoms with van der Waals surface area (Å²) < 4.78 is 0. The number of hydrogen-bond acceptors (Lipinski definition) is 0. The van der Waals surface area contributed by atoms with E-state index < -0.39 is 0 Å². The first-order chi connectivity index (χ1) is 5.30. The van der Waals surface area contributed by atoms with Crippen molar-refractivity contribution in [2.45, 2.75) is 28.2 Å². The molecule has 0 aliphatic carbocycles. The van der Waals surface area contributed by atoms with Gasteiger partial charge in [0, 0.05) is 0 Å². The van der Waals surface area contributed by atoms with Gasteiger partial charge in [-0.05, 0) is 12.5 Å². The second-order valence-corrected chi connectivity index (χ2v) is 2.15. The van der Waals surface area contributed by atoms with Gasteiger partial charge in [0.1, 0.15) is 0 Å². The lowest BCUT2D eigenvalue weighted by Gasteiger charge is -1.94. The van der Waals surface area contributed by atoms with Crippen LogP contribution in [0.25, 0.3) is 5.57 Å². The largest absolute Gasteiger partial charge is 0.0955 e. The Balaban J connectivity index is 0.